The van der Waals surface area contributed by atoms with Gasteiger partial charge in [-0.3, -0.25) is 9.69 Å². The number of hydrogen-bond acceptors (Lipinski definition) is 4. The monoisotopic (exact) mass is 329 g/mol. The van der Waals surface area contributed by atoms with Crippen LogP contribution in [0.5, 0.6) is 0 Å². The van der Waals surface area contributed by atoms with Gasteiger partial charge in [0.1, 0.15) is 17.5 Å². The van der Waals surface area contributed by atoms with Crippen molar-refractivity contribution in [1.82, 2.24) is 19.7 Å². The Bertz CT molecular complexity index is 774. The first-order valence-corrected chi connectivity index (χ1v) is 8.33. The van der Waals surface area contributed by atoms with Crippen LogP contribution in [0.1, 0.15) is 24.5 Å². The Kier molecular flexibility index (Phi) is 3.80. The van der Waals surface area contributed by atoms with Crippen molar-refractivity contribution in [3.63, 3.8) is 0 Å². The molecule has 2 aromatic rings. The van der Waals surface area contributed by atoms with Crippen LogP contribution in [0.15, 0.2) is 24.3 Å². The smallest absolute Gasteiger partial charge is 0.244 e. The minimum atomic E-state index is -0.316. The molecular formula is C17H20FN5O. The van der Waals surface area contributed by atoms with Crippen LogP contribution in [-0.4, -0.2) is 44.7 Å². The summed E-state index contributed by atoms with van der Waals surface area (Å²) in [6.07, 6.45) is 1.74. The van der Waals surface area contributed by atoms with Gasteiger partial charge in [-0.2, -0.15) is 5.10 Å². The number of hydrogen-bond donors (Lipinski definition) is 0. The Morgan fingerprint density at radius 2 is 2.12 bits per heavy atom. The second kappa shape index (κ2) is 5.98. The van der Waals surface area contributed by atoms with Crippen LogP contribution < -0.4 is 4.90 Å². The quantitative estimate of drug-likeness (QED) is 0.842. The molecule has 0 aliphatic carbocycles. The summed E-state index contributed by atoms with van der Waals surface area (Å²) in [5.74, 6) is 1.41. The zero-order valence-corrected chi connectivity index (χ0v) is 13.7. The van der Waals surface area contributed by atoms with E-state index in [-0.39, 0.29) is 17.8 Å². The van der Waals surface area contributed by atoms with Gasteiger partial charge in [0.05, 0.1) is 19.1 Å². The van der Waals surface area contributed by atoms with E-state index in [1.807, 2.05) is 11.6 Å². The van der Waals surface area contributed by atoms with E-state index in [0.29, 0.717) is 18.8 Å². The summed E-state index contributed by atoms with van der Waals surface area (Å²) in [5.41, 5.74) is 0.640. The first-order valence-electron chi connectivity index (χ1n) is 8.33. The van der Waals surface area contributed by atoms with Gasteiger partial charge in [0, 0.05) is 18.8 Å². The van der Waals surface area contributed by atoms with E-state index in [2.05, 4.69) is 15.0 Å². The second-order valence-electron chi connectivity index (χ2n) is 6.40. The summed E-state index contributed by atoms with van der Waals surface area (Å²) in [7, 11) is 0. The highest BCUT2D eigenvalue weighted by Gasteiger charge is 2.36. The number of piperidine rings is 1. The molecule has 24 heavy (non-hydrogen) atoms. The van der Waals surface area contributed by atoms with Gasteiger partial charge in [-0.25, -0.2) is 14.1 Å². The van der Waals surface area contributed by atoms with Gasteiger partial charge in [-0.1, -0.05) is 6.07 Å². The molecular weight excluding hydrogens is 309 g/mol. The van der Waals surface area contributed by atoms with E-state index in [1.54, 1.807) is 17.0 Å². The summed E-state index contributed by atoms with van der Waals surface area (Å²) in [4.78, 5) is 21.3. The molecule has 2 aliphatic heterocycles. The maximum atomic E-state index is 13.5. The van der Waals surface area contributed by atoms with Gasteiger partial charge in [0.2, 0.25) is 5.91 Å². The number of carbonyl (C=O) groups is 1. The Labute approximate surface area is 139 Å². The highest BCUT2D eigenvalue weighted by molar-refractivity contribution is 5.97. The number of halogens is 1. The number of aromatic nitrogens is 3. The Morgan fingerprint density at radius 3 is 2.96 bits per heavy atom. The number of fused-ring (bicyclic) bond motifs is 1. The predicted molar refractivity (Wildman–Crippen MR) is 86.9 cm³/mol. The third kappa shape index (κ3) is 2.69. The van der Waals surface area contributed by atoms with Crippen molar-refractivity contribution in [3.8, 4) is 0 Å². The van der Waals surface area contributed by atoms with Crippen LogP contribution in [0.2, 0.25) is 0 Å². The van der Waals surface area contributed by atoms with Crippen molar-refractivity contribution in [2.24, 2.45) is 0 Å². The van der Waals surface area contributed by atoms with E-state index < -0.39 is 0 Å². The van der Waals surface area contributed by atoms with Crippen molar-refractivity contribution in [3.05, 3.63) is 41.7 Å². The van der Waals surface area contributed by atoms with Crippen LogP contribution in [0.3, 0.4) is 0 Å². The summed E-state index contributed by atoms with van der Waals surface area (Å²) in [5, 5.41) is 4.36. The zero-order valence-electron chi connectivity index (χ0n) is 13.7. The molecule has 6 nitrogen and oxygen atoms in total. The molecule has 7 heteroatoms. The minimum Gasteiger partial charge on any atom is -0.311 e. The average molecular weight is 329 g/mol. The van der Waals surface area contributed by atoms with Crippen molar-refractivity contribution in [1.29, 1.82) is 0 Å². The normalized spacial score (nSPS) is 21.8. The Morgan fingerprint density at radius 1 is 1.25 bits per heavy atom. The Balaban J connectivity index is 1.55. The van der Waals surface area contributed by atoms with Crippen LogP contribution in [0.25, 0.3) is 0 Å². The number of aryl methyl sites for hydroxylation is 1. The standard InChI is InChI=1S/C17H20FN5O/c1-12-19-16-11-21(8-9-23(16)20-12)15-6-3-7-22(17(15)24)14-5-2-4-13(18)10-14/h2,4-5,10,15H,3,6-9,11H2,1H3. The number of amides is 1. The molecule has 2 aliphatic rings. The fourth-order valence-corrected chi connectivity index (χ4v) is 3.64. The van der Waals surface area contributed by atoms with Crippen LogP contribution in [-0.2, 0) is 17.9 Å². The molecule has 126 valence electrons. The van der Waals surface area contributed by atoms with Crippen molar-refractivity contribution in [2.75, 3.05) is 18.0 Å². The first-order chi connectivity index (χ1) is 11.6. The van der Waals surface area contributed by atoms with Gasteiger partial charge in [0.15, 0.2) is 0 Å². The van der Waals surface area contributed by atoms with Crippen molar-refractivity contribution >= 4 is 11.6 Å². The van der Waals surface area contributed by atoms with Gasteiger partial charge in [-0.15, -0.1) is 0 Å². The predicted octanol–water partition coefficient (Wildman–Crippen LogP) is 1.74. The molecule has 1 unspecified atom stereocenters. The molecule has 0 N–H and O–H groups in total. The first kappa shape index (κ1) is 15.3. The Hall–Kier alpha value is -2.28. The molecule has 1 aromatic heterocycles. The maximum absolute atomic E-state index is 13.5. The van der Waals surface area contributed by atoms with E-state index in [4.69, 9.17) is 0 Å². The topological polar surface area (TPSA) is 54.3 Å². The summed E-state index contributed by atoms with van der Waals surface area (Å²) in [6.45, 7) is 4.69. The van der Waals surface area contributed by atoms with E-state index in [9.17, 15) is 9.18 Å². The second-order valence-corrected chi connectivity index (χ2v) is 6.40. The molecule has 0 radical (unpaired) electrons. The lowest BCUT2D eigenvalue weighted by molar-refractivity contribution is -0.126. The summed E-state index contributed by atoms with van der Waals surface area (Å²) in [6, 6.07) is 6.09. The maximum Gasteiger partial charge on any atom is 0.244 e. The molecule has 1 atom stereocenters. The largest absolute Gasteiger partial charge is 0.311 e. The van der Waals surface area contributed by atoms with Gasteiger partial charge < -0.3 is 4.90 Å². The van der Waals surface area contributed by atoms with Crippen molar-refractivity contribution < 1.29 is 9.18 Å². The van der Waals surface area contributed by atoms with Crippen LogP contribution in [0, 0.1) is 12.7 Å². The number of nitrogens with zero attached hydrogens (tertiary/aromatic N) is 5. The van der Waals surface area contributed by atoms with E-state index >= 15 is 0 Å². The fraction of sp³-hybridized carbons (Fsp3) is 0.471. The average Bonchev–Trinajstić information content (AvgIpc) is 2.94. The lowest BCUT2D eigenvalue weighted by atomic mass is 10.0. The molecule has 1 amide bonds. The van der Waals surface area contributed by atoms with Crippen LogP contribution in [0.4, 0.5) is 10.1 Å². The molecule has 4 rings (SSSR count). The number of benzene rings is 1. The molecule has 1 saturated heterocycles. The lowest BCUT2D eigenvalue weighted by Crippen LogP contribution is -2.54. The number of carbonyl (C=O) groups excluding carboxylic acids is 1. The lowest BCUT2D eigenvalue weighted by Gasteiger charge is -2.39. The number of rotatable bonds is 2. The summed E-state index contributed by atoms with van der Waals surface area (Å²) >= 11 is 0. The molecule has 0 bridgehead atoms. The SMILES string of the molecule is Cc1nc2n(n1)CCN(C1CCCN(c3cccc(F)c3)C1=O)C2. The van der Waals surface area contributed by atoms with E-state index in [1.165, 1.54) is 12.1 Å². The highest BCUT2D eigenvalue weighted by atomic mass is 19.1. The van der Waals surface area contributed by atoms with Gasteiger partial charge >= 0.3 is 0 Å². The van der Waals surface area contributed by atoms with Crippen LogP contribution >= 0.6 is 0 Å². The minimum absolute atomic E-state index is 0.0523. The third-order valence-corrected chi connectivity index (χ3v) is 4.77. The molecule has 1 fully saturated rings. The van der Waals surface area contributed by atoms with Gasteiger partial charge in [0.25, 0.3) is 0 Å². The van der Waals surface area contributed by atoms with Crippen molar-refractivity contribution in [2.45, 2.75) is 38.9 Å². The van der Waals surface area contributed by atoms with E-state index in [0.717, 1.165) is 37.6 Å². The highest BCUT2D eigenvalue weighted by Crippen LogP contribution is 2.26. The molecule has 0 saturated carbocycles. The fourth-order valence-electron chi connectivity index (χ4n) is 3.64. The molecule has 3 heterocycles. The third-order valence-electron chi connectivity index (χ3n) is 4.77. The number of anilines is 1. The van der Waals surface area contributed by atoms with Gasteiger partial charge in [-0.05, 0) is 38.0 Å². The zero-order chi connectivity index (χ0) is 16.7. The molecule has 1 aromatic carbocycles. The molecule has 0 spiro atoms. The summed E-state index contributed by atoms with van der Waals surface area (Å²) < 4.78 is 15.4.